The van der Waals surface area contributed by atoms with E-state index < -0.39 is 21.8 Å². The molecule has 0 aliphatic heterocycles. The van der Waals surface area contributed by atoms with Crippen molar-refractivity contribution in [3.63, 3.8) is 0 Å². The molecule has 0 aliphatic carbocycles. The summed E-state index contributed by atoms with van der Waals surface area (Å²) in [7, 11) is -4.07. The van der Waals surface area contributed by atoms with Gasteiger partial charge in [-0.05, 0) is 34.1 Å². The number of aromatic carboxylic acids is 1. The highest BCUT2D eigenvalue weighted by atomic mass is 79.9. The molecular formula is C11H7BrFNO4S2. The van der Waals surface area contributed by atoms with Crippen LogP contribution >= 0.6 is 27.3 Å². The molecule has 2 aromatic rings. The number of benzene rings is 1. The third-order valence-electron chi connectivity index (χ3n) is 2.27. The average molecular weight is 380 g/mol. The number of sulfonamides is 1. The summed E-state index contributed by atoms with van der Waals surface area (Å²) in [5.74, 6) is -1.95. The Labute approximate surface area is 126 Å². The highest BCUT2D eigenvalue weighted by molar-refractivity contribution is 9.11. The van der Waals surface area contributed by atoms with E-state index in [1.807, 2.05) is 0 Å². The number of halogens is 2. The van der Waals surface area contributed by atoms with Crippen LogP contribution in [0.4, 0.5) is 10.1 Å². The zero-order valence-corrected chi connectivity index (χ0v) is 12.9. The fourth-order valence-electron chi connectivity index (χ4n) is 1.38. The minimum Gasteiger partial charge on any atom is -0.477 e. The molecule has 1 aromatic carbocycles. The van der Waals surface area contributed by atoms with Gasteiger partial charge in [-0.2, -0.15) is 0 Å². The number of carboxylic acids is 1. The Bertz CT molecular complexity index is 772. The van der Waals surface area contributed by atoms with Gasteiger partial charge in [0.1, 0.15) is 15.6 Å². The summed E-state index contributed by atoms with van der Waals surface area (Å²) < 4.78 is 39.9. The van der Waals surface area contributed by atoms with Crippen molar-refractivity contribution < 1.29 is 22.7 Å². The van der Waals surface area contributed by atoms with Gasteiger partial charge in [0.05, 0.1) is 9.47 Å². The van der Waals surface area contributed by atoms with Crippen LogP contribution in [0.15, 0.2) is 39.0 Å². The van der Waals surface area contributed by atoms with E-state index in [1.54, 1.807) is 0 Å². The monoisotopic (exact) mass is 379 g/mol. The molecule has 0 unspecified atom stereocenters. The summed E-state index contributed by atoms with van der Waals surface area (Å²) in [5.41, 5.74) is -0.206. The lowest BCUT2D eigenvalue weighted by Gasteiger charge is -2.07. The van der Waals surface area contributed by atoms with Gasteiger partial charge in [-0.1, -0.05) is 12.1 Å². The maximum atomic E-state index is 13.4. The molecule has 0 spiro atoms. The number of carbonyl (C=O) groups is 1. The SMILES string of the molecule is O=C(O)c1cc(S(=O)(=O)Nc2ccccc2F)c(Br)s1. The van der Waals surface area contributed by atoms with Gasteiger partial charge in [0.25, 0.3) is 10.0 Å². The van der Waals surface area contributed by atoms with E-state index in [-0.39, 0.29) is 19.2 Å². The van der Waals surface area contributed by atoms with E-state index in [0.717, 1.165) is 23.5 Å². The Morgan fingerprint density at radius 1 is 1.35 bits per heavy atom. The summed E-state index contributed by atoms with van der Waals surface area (Å²) in [4.78, 5) is 10.4. The third kappa shape index (κ3) is 3.00. The van der Waals surface area contributed by atoms with Gasteiger partial charge in [0, 0.05) is 0 Å². The first-order valence-corrected chi connectivity index (χ1v) is 8.20. The van der Waals surface area contributed by atoms with Crippen LogP contribution in [0.5, 0.6) is 0 Å². The molecule has 2 rings (SSSR count). The van der Waals surface area contributed by atoms with Gasteiger partial charge < -0.3 is 5.11 Å². The lowest BCUT2D eigenvalue weighted by atomic mass is 10.3. The molecule has 0 amide bonds. The molecule has 0 saturated carbocycles. The zero-order chi connectivity index (χ0) is 14.9. The van der Waals surface area contributed by atoms with Crippen LogP contribution in [0, 0.1) is 5.82 Å². The molecule has 0 fully saturated rings. The van der Waals surface area contributed by atoms with E-state index in [9.17, 15) is 17.6 Å². The Balaban J connectivity index is 2.41. The number of para-hydroxylation sites is 1. The minimum atomic E-state index is -4.07. The molecule has 0 atom stereocenters. The van der Waals surface area contributed by atoms with E-state index in [2.05, 4.69) is 20.7 Å². The van der Waals surface area contributed by atoms with Crippen LogP contribution in [-0.4, -0.2) is 19.5 Å². The smallest absolute Gasteiger partial charge is 0.345 e. The maximum Gasteiger partial charge on any atom is 0.345 e. The van der Waals surface area contributed by atoms with Gasteiger partial charge in [0.15, 0.2) is 0 Å². The van der Waals surface area contributed by atoms with E-state index in [4.69, 9.17) is 5.11 Å². The first-order valence-electron chi connectivity index (χ1n) is 5.11. The quantitative estimate of drug-likeness (QED) is 0.854. The molecule has 0 bridgehead atoms. The molecule has 0 saturated heterocycles. The van der Waals surface area contributed by atoms with Gasteiger partial charge >= 0.3 is 5.97 Å². The molecule has 9 heteroatoms. The molecule has 2 N–H and O–H groups in total. The van der Waals surface area contributed by atoms with Crippen molar-refractivity contribution in [2.24, 2.45) is 0 Å². The predicted molar refractivity (Wildman–Crippen MR) is 76.2 cm³/mol. The molecule has 1 heterocycles. The highest BCUT2D eigenvalue weighted by Gasteiger charge is 2.24. The molecule has 1 aromatic heterocycles. The van der Waals surface area contributed by atoms with Crippen LogP contribution in [0.25, 0.3) is 0 Å². The lowest BCUT2D eigenvalue weighted by molar-refractivity contribution is 0.0702. The summed E-state index contributed by atoms with van der Waals surface area (Å²) >= 11 is 3.76. The van der Waals surface area contributed by atoms with Crippen molar-refractivity contribution in [3.8, 4) is 0 Å². The second-order valence-corrected chi connectivity index (χ2v) is 7.66. The third-order valence-corrected chi connectivity index (χ3v) is 5.88. The van der Waals surface area contributed by atoms with Crippen LogP contribution in [0.3, 0.4) is 0 Å². The number of anilines is 1. The van der Waals surface area contributed by atoms with Crippen LogP contribution in [0.1, 0.15) is 9.67 Å². The second-order valence-electron chi connectivity index (χ2n) is 3.64. The first kappa shape index (κ1) is 14.9. The van der Waals surface area contributed by atoms with Crippen molar-refractivity contribution in [1.82, 2.24) is 0 Å². The van der Waals surface area contributed by atoms with Gasteiger partial charge in [0.2, 0.25) is 0 Å². The summed E-state index contributed by atoms with van der Waals surface area (Å²) in [6, 6.07) is 6.30. The largest absolute Gasteiger partial charge is 0.477 e. The number of rotatable bonds is 4. The lowest BCUT2D eigenvalue weighted by Crippen LogP contribution is -2.13. The fourth-order valence-corrected chi connectivity index (χ4v) is 4.86. The molecule has 0 aliphatic rings. The van der Waals surface area contributed by atoms with Crippen LogP contribution in [0.2, 0.25) is 0 Å². The molecule has 20 heavy (non-hydrogen) atoms. The number of thiophene rings is 1. The molecule has 5 nitrogen and oxygen atoms in total. The summed E-state index contributed by atoms with van der Waals surface area (Å²) in [5, 5.41) is 8.84. The zero-order valence-electron chi connectivity index (χ0n) is 9.63. The molecular weight excluding hydrogens is 373 g/mol. The van der Waals surface area contributed by atoms with Gasteiger partial charge in [-0.25, -0.2) is 17.6 Å². The maximum absolute atomic E-state index is 13.4. The standard InChI is InChI=1S/C11H7BrFNO4S2/c12-10-9(5-8(19-10)11(15)16)20(17,18)14-7-4-2-1-3-6(7)13/h1-5,14H,(H,15,16). The van der Waals surface area contributed by atoms with Crippen molar-refractivity contribution in [1.29, 1.82) is 0 Å². The number of hydrogen-bond donors (Lipinski definition) is 2. The number of nitrogens with one attached hydrogen (secondary N) is 1. The van der Waals surface area contributed by atoms with E-state index >= 15 is 0 Å². The highest BCUT2D eigenvalue weighted by Crippen LogP contribution is 2.33. The summed E-state index contributed by atoms with van der Waals surface area (Å²) in [6.07, 6.45) is 0. The predicted octanol–water partition coefficient (Wildman–Crippen LogP) is 3.15. The molecule has 0 radical (unpaired) electrons. The Kier molecular flexibility index (Phi) is 4.11. The molecule has 106 valence electrons. The van der Waals surface area contributed by atoms with Crippen LogP contribution < -0.4 is 4.72 Å². The van der Waals surface area contributed by atoms with Crippen molar-refractivity contribution >= 4 is 48.9 Å². The summed E-state index contributed by atoms with van der Waals surface area (Å²) in [6.45, 7) is 0. The Morgan fingerprint density at radius 3 is 2.55 bits per heavy atom. The fraction of sp³-hybridized carbons (Fsp3) is 0. The van der Waals surface area contributed by atoms with Crippen molar-refractivity contribution in [2.75, 3.05) is 4.72 Å². The second kappa shape index (κ2) is 5.51. The topological polar surface area (TPSA) is 83.5 Å². The van der Waals surface area contributed by atoms with Crippen LogP contribution in [-0.2, 0) is 10.0 Å². The Hall–Kier alpha value is -1.45. The van der Waals surface area contributed by atoms with E-state index in [1.165, 1.54) is 18.2 Å². The van der Waals surface area contributed by atoms with Crippen molar-refractivity contribution in [3.05, 3.63) is 44.8 Å². The first-order chi connectivity index (χ1) is 9.31. The van der Waals surface area contributed by atoms with Gasteiger partial charge in [-0.3, -0.25) is 4.72 Å². The Morgan fingerprint density at radius 2 is 2.00 bits per heavy atom. The average Bonchev–Trinajstić information content (AvgIpc) is 2.75. The normalized spacial score (nSPS) is 11.3. The number of hydrogen-bond acceptors (Lipinski definition) is 4. The number of carboxylic acid groups (broad SMARTS) is 1. The van der Waals surface area contributed by atoms with Gasteiger partial charge in [-0.15, -0.1) is 11.3 Å². The van der Waals surface area contributed by atoms with E-state index in [0.29, 0.717) is 0 Å². The minimum absolute atomic E-state index is 0.134. The van der Waals surface area contributed by atoms with Crippen molar-refractivity contribution in [2.45, 2.75) is 4.90 Å².